The topological polar surface area (TPSA) is 149 Å². The third-order valence-corrected chi connectivity index (χ3v) is 5.05. The number of anilines is 4. The van der Waals surface area contributed by atoms with Gasteiger partial charge in [0.05, 0.1) is 25.4 Å². The molecule has 4 rings (SSSR count). The number of aromatic nitrogens is 3. The van der Waals surface area contributed by atoms with E-state index in [9.17, 15) is 10.1 Å². The minimum absolute atomic E-state index is 0.0155. The Morgan fingerprint density at radius 1 is 0.892 bits per heavy atom. The van der Waals surface area contributed by atoms with Gasteiger partial charge >= 0.3 is 0 Å². The van der Waals surface area contributed by atoms with E-state index in [0.717, 1.165) is 11.1 Å². The molecule has 0 saturated carbocycles. The van der Waals surface area contributed by atoms with Crippen LogP contribution >= 0.6 is 0 Å². The first-order chi connectivity index (χ1) is 18.0. The summed E-state index contributed by atoms with van der Waals surface area (Å²) >= 11 is 0. The molecule has 12 nitrogen and oxygen atoms in total. The van der Waals surface area contributed by atoms with Gasteiger partial charge in [0.1, 0.15) is 0 Å². The number of benzene rings is 3. The largest absolute Gasteiger partial charge is 0.493 e. The summed E-state index contributed by atoms with van der Waals surface area (Å²) in [6.45, 7) is 0.496. The molecule has 1 heterocycles. The average Bonchev–Trinajstić information content (AvgIpc) is 2.92. The van der Waals surface area contributed by atoms with Crippen molar-refractivity contribution in [3.8, 4) is 11.5 Å². The lowest BCUT2D eigenvalue weighted by Gasteiger charge is -2.10. The highest BCUT2D eigenvalue weighted by Crippen LogP contribution is 2.27. The predicted molar refractivity (Wildman–Crippen MR) is 141 cm³/mol. The highest BCUT2D eigenvalue weighted by molar-refractivity contribution is 5.81. The molecular formula is C25H24N8O4. The Hall–Kier alpha value is -5.26. The number of non-ortho nitro benzene ring substituents is 1. The summed E-state index contributed by atoms with van der Waals surface area (Å²) in [6, 6.07) is 21.1. The molecule has 1 aromatic heterocycles. The van der Waals surface area contributed by atoms with Crippen LogP contribution in [-0.2, 0) is 6.54 Å². The Kier molecular flexibility index (Phi) is 8.01. The second-order valence-corrected chi connectivity index (χ2v) is 7.56. The fourth-order valence-corrected chi connectivity index (χ4v) is 3.23. The quantitative estimate of drug-likeness (QED) is 0.151. The molecule has 0 aliphatic carbocycles. The monoisotopic (exact) mass is 500 g/mol. The van der Waals surface area contributed by atoms with E-state index in [0.29, 0.717) is 29.7 Å². The number of rotatable bonds is 11. The number of ether oxygens (including phenoxy) is 2. The first-order valence-corrected chi connectivity index (χ1v) is 11.1. The van der Waals surface area contributed by atoms with E-state index in [-0.39, 0.29) is 17.6 Å². The van der Waals surface area contributed by atoms with Gasteiger partial charge in [-0.15, -0.1) is 0 Å². The lowest BCUT2D eigenvalue weighted by molar-refractivity contribution is -0.384. The third-order valence-electron chi connectivity index (χ3n) is 5.05. The van der Waals surface area contributed by atoms with Crippen molar-refractivity contribution in [1.29, 1.82) is 0 Å². The van der Waals surface area contributed by atoms with E-state index in [1.54, 1.807) is 44.7 Å². The molecule has 0 atom stereocenters. The fraction of sp³-hybridized carbons (Fsp3) is 0.120. The number of nitrogens with zero attached hydrogens (tertiary/aromatic N) is 5. The molecule has 0 spiro atoms. The standard InChI is InChI=1S/C25H24N8O4/c1-36-21-13-8-18(14-22(21)37-2)16-27-32-25-30-23(26-15-17-6-4-3-5-7-17)29-24(31-25)28-19-9-11-20(12-10-19)33(34)35/h3-14,16H,15H2,1-2H3,(H3,26,28,29,30,31,32)/b27-16+. The second-order valence-electron chi connectivity index (χ2n) is 7.56. The van der Waals surface area contributed by atoms with Gasteiger partial charge in [0.25, 0.3) is 5.69 Å². The summed E-state index contributed by atoms with van der Waals surface area (Å²) in [5.74, 6) is 1.91. The van der Waals surface area contributed by atoms with Crippen molar-refractivity contribution in [1.82, 2.24) is 15.0 Å². The predicted octanol–water partition coefficient (Wildman–Crippen LogP) is 4.60. The van der Waals surface area contributed by atoms with Gasteiger partial charge in [-0.05, 0) is 41.5 Å². The molecule has 0 aliphatic rings. The number of nitro benzene ring substituents is 1. The molecule has 0 aliphatic heterocycles. The molecule has 4 aromatic rings. The molecule has 37 heavy (non-hydrogen) atoms. The average molecular weight is 501 g/mol. The second kappa shape index (κ2) is 11.9. The minimum atomic E-state index is -0.462. The Morgan fingerprint density at radius 3 is 2.30 bits per heavy atom. The van der Waals surface area contributed by atoms with Crippen LogP contribution in [0.25, 0.3) is 0 Å². The van der Waals surface area contributed by atoms with Crippen molar-refractivity contribution < 1.29 is 14.4 Å². The van der Waals surface area contributed by atoms with Crippen LogP contribution in [0.3, 0.4) is 0 Å². The molecule has 3 aromatic carbocycles. The number of hydrogen-bond donors (Lipinski definition) is 3. The summed E-state index contributed by atoms with van der Waals surface area (Å²) in [7, 11) is 3.13. The van der Waals surface area contributed by atoms with Crippen molar-refractivity contribution in [2.24, 2.45) is 5.10 Å². The molecule has 0 unspecified atom stereocenters. The molecule has 0 amide bonds. The normalized spacial score (nSPS) is 10.6. The Labute approximate surface area is 212 Å². The first-order valence-electron chi connectivity index (χ1n) is 11.1. The SMILES string of the molecule is COc1ccc(/C=N/Nc2nc(NCc3ccccc3)nc(Nc3ccc([N+](=O)[O-])cc3)n2)cc1OC. The number of nitro groups is 1. The molecule has 12 heteroatoms. The van der Waals surface area contributed by atoms with Crippen LogP contribution in [0.4, 0.5) is 29.2 Å². The maximum atomic E-state index is 10.9. The molecular weight excluding hydrogens is 476 g/mol. The first kappa shape index (κ1) is 24.9. The molecule has 0 bridgehead atoms. The van der Waals surface area contributed by atoms with E-state index in [2.05, 4.69) is 36.1 Å². The van der Waals surface area contributed by atoms with E-state index >= 15 is 0 Å². The van der Waals surface area contributed by atoms with Crippen LogP contribution in [0.15, 0.2) is 77.9 Å². The van der Waals surface area contributed by atoms with E-state index < -0.39 is 4.92 Å². The third kappa shape index (κ3) is 6.88. The fourth-order valence-electron chi connectivity index (χ4n) is 3.23. The number of methoxy groups -OCH3 is 2. The minimum Gasteiger partial charge on any atom is -0.493 e. The number of hydrogen-bond acceptors (Lipinski definition) is 11. The van der Waals surface area contributed by atoms with Crippen molar-refractivity contribution >= 4 is 35.4 Å². The number of hydrazone groups is 1. The molecule has 0 fully saturated rings. The van der Waals surface area contributed by atoms with Gasteiger partial charge in [-0.2, -0.15) is 20.1 Å². The van der Waals surface area contributed by atoms with Crippen LogP contribution in [0.5, 0.6) is 11.5 Å². The summed E-state index contributed by atoms with van der Waals surface area (Å²) < 4.78 is 10.6. The lowest BCUT2D eigenvalue weighted by atomic mass is 10.2. The summed E-state index contributed by atoms with van der Waals surface area (Å²) in [5, 5.41) is 21.4. The smallest absolute Gasteiger partial charge is 0.269 e. The van der Waals surface area contributed by atoms with Crippen LogP contribution in [0.1, 0.15) is 11.1 Å². The van der Waals surface area contributed by atoms with Crippen molar-refractivity contribution in [3.63, 3.8) is 0 Å². The Balaban J connectivity index is 1.54. The van der Waals surface area contributed by atoms with E-state index in [4.69, 9.17) is 9.47 Å². The Morgan fingerprint density at radius 2 is 1.59 bits per heavy atom. The van der Waals surface area contributed by atoms with Gasteiger partial charge in [0.2, 0.25) is 17.8 Å². The zero-order valence-corrected chi connectivity index (χ0v) is 20.1. The highest BCUT2D eigenvalue weighted by atomic mass is 16.6. The van der Waals surface area contributed by atoms with Gasteiger partial charge in [-0.1, -0.05) is 30.3 Å². The van der Waals surface area contributed by atoms with E-state index in [1.165, 1.54) is 12.1 Å². The zero-order chi connectivity index (χ0) is 26.0. The van der Waals surface area contributed by atoms with Crippen LogP contribution in [0.2, 0.25) is 0 Å². The van der Waals surface area contributed by atoms with Crippen LogP contribution < -0.4 is 25.5 Å². The van der Waals surface area contributed by atoms with Crippen molar-refractivity contribution in [3.05, 3.63) is 94.0 Å². The van der Waals surface area contributed by atoms with Crippen LogP contribution in [-0.4, -0.2) is 40.3 Å². The lowest BCUT2D eigenvalue weighted by Crippen LogP contribution is -2.09. The summed E-state index contributed by atoms with van der Waals surface area (Å²) in [5.41, 5.74) is 5.19. The van der Waals surface area contributed by atoms with E-state index in [1.807, 2.05) is 36.4 Å². The molecule has 188 valence electrons. The van der Waals surface area contributed by atoms with Gasteiger partial charge in [-0.3, -0.25) is 10.1 Å². The zero-order valence-electron chi connectivity index (χ0n) is 20.1. The van der Waals surface area contributed by atoms with Gasteiger partial charge in [0.15, 0.2) is 11.5 Å². The van der Waals surface area contributed by atoms with Gasteiger partial charge in [0, 0.05) is 24.4 Å². The maximum absolute atomic E-state index is 10.9. The molecule has 0 radical (unpaired) electrons. The van der Waals surface area contributed by atoms with Gasteiger partial charge in [-0.25, -0.2) is 5.43 Å². The maximum Gasteiger partial charge on any atom is 0.269 e. The van der Waals surface area contributed by atoms with Crippen molar-refractivity contribution in [2.45, 2.75) is 6.54 Å². The summed E-state index contributed by atoms with van der Waals surface area (Å²) in [6.07, 6.45) is 1.59. The molecule has 3 N–H and O–H groups in total. The number of nitrogens with one attached hydrogen (secondary N) is 3. The van der Waals surface area contributed by atoms with Crippen LogP contribution in [0, 0.1) is 10.1 Å². The van der Waals surface area contributed by atoms with Gasteiger partial charge < -0.3 is 20.1 Å². The highest BCUT2D eigenvalue weighted by Gasteiger charge is 2.09. The summed E-state index contributed by atoms with van der Waals surface area (Å²) in [4.78, 5) is 23.6. The molecule has 0 saturated heterocycles. The van der Waals surface area contributed by atoms with Crippen molar-refractivity contribution in [2.75, 3.05) is 30.3 Å². The Bertz CT molecular complexity index is 1380.